The second-order valence-electron chi connectivity index (χ2n) is 3.82. The number of sulfone groups is 1. The fourth-order valence-electron chi connectivity index (χ4n) is 1.15. The Morgan fingerprint density at radius 2 is 1.94 bits per heavy atom. The van der Waals surface area contributed by atoms with E-state index in [9.17, 15) is 18.0 Å². The number of hydrogen-bond acceptors (Lipinski definition) is 5. The summed E-state index contributed by atoms with van der Waals surface area (Å²) in [5, 5.41) is 8.43. The van der Waals surface area contributed by atoms with Crippen LogP contribution in [-0.2, 0) is 14.6 Å². The van der Waals surface area contributed by atoms with Gasteiger partial charge in [0.05, 0.1) is 0 Å². The molecule has 0 bridgehead atoms. The first-order chi connectivity index (χ1) is 8.14. The van der Waals surface area contributed by atoms with Gasteiger partial charge in [0.15, 0.2) is 5.76 Å². The van der Waals surface area contributed by atoms with Crippen LogP contribution in [0, 0.1) is 0 Å². The molecular formula is C10H13NO6S. The summed E-state index contributed by atoms with van der Waals surface area (Å²) in [7, 11) is -2.24. The standard InChI is InChI=1S/C10H13NO6S/c1-6(10(13)14)11(2)9(12)7-4-5-8(17-7)18(3,15)16/h4-6H,1-3H3,(H,13,14). The minimum Gasteiger partial charge on any atom is -0.480 e. The lowest BCUT2D eigenvalue weighted by molar-refractivity contribution is -0.141. The molecule has 1 aromatic heterocycles. The summed E-state index contributed by atoms with van der Waals surface area (Å²) in [6, 6.07) is 1.32. The Kier molecular flexibility index (Phi) is 3.80. The van der Waals surface area contributed by atoms with Crippen molar-refractivity contribution in [2.75, 3.05) is 13.3 Å². The quantitative estimate of drug-likeness (QED) is 0.843. The number of likely N-dealkylation sites (N-methyl/N-ethyl adjacent to an activating group) is 1. The van der Waals surface area contributed by atoms with Crippen molar-refractivity contribution >= 4 is 21.7 Å². The third-order valence-electron chi connectivity index (χ3n) is 2.42. The fraction of sp³-hybridized carbons (Fsp3) is 0.400. The average molecular weight is 275 g/mol. The lowest BCUT2D eigenvalue weighted by atomic mass is 10.3. The molecule has 0 aliphatic heterocycles. The molecule has 1 heterocycles. The molecule has 100 valence electrons. The molecule has 0 saturated heterocycles. The Hall–Kier alpha value is -1.83. The van der Waals surface area contributed by atoms with Crippen molar-refractivity contribution < 1.29 is 27.5 Å². The zero-order valence-corrected chi connectivity index (χ0v) is 10.9. The largest absolute Gasteiger partial charge is 0.480 e. The maximum Gasteiger partial charge on any atom is 0.326 e. The minimum atomic E-state index is -3.53. The monoisotopic (exact) mass is 275 g/mol. The van der Waals surface area contributed by atoms with Crippen LogP contribution in [0.1, 0.15) is 17.5 Å². The summed E-state index contributed by atoms with van der Waals surface area (Å²) in [6.07, 6.45) is 0.948. The predicted molar refractivity (Wildman–Crippen MR) is 61.0 cm³/mol. The molecule has 1 rings (SSSR count). The van der Waals surface area contributed by atoms with Gasteiger partial charge in [-0.05, 0) is 19.1 Å². The minimum absolute atomic E-state index is 0.217. The summed E-state index contributed by atoms with van der Waals surface area (Å²) in [6.45, 7) is 1.33. The van der Waals surface area contributed by atoms with Gasteiger partial charge >= 0.3 is 5.97 Å². The summed E-state index contributed by atoms with van der Waals surface area (Å²) >= 11 is 0. The third kappa shape index (κ3) is 2.89. The second kappa shape index (κ2) is 4.81. The van der Waals surface area contributed by atoms with Crippen LogP contribution in [-0.4, -0.2) is 49.6 Å². The van der Waals surface area contributed by atoms with Crippen molar-refractivity contribution in [2.24, 2.45) is 0 Å². The first-order valence-electron chi connectivity index (χ1n) is 4.94. The van der Waals surface area contributed by atoms with Crippen LogP contribution in [0.15, 0.2) is 21.6 Å². The highest BCUT2D eigenvalue weighted by Gasteiger charge is 2.26. The second-order valence-corrected chi connectivity index (χ2v) is 5.77. The number of hydrogen-bond donors (Lipinski definition) is 1. The Balaban J connectivity index is 2.99. The van der Waals surface area contributed by atoms with Crippen molar-refractivity contribution in [3.8, 4) is 0 Å². The van der Waals surface area contributed by atoms with E-state index in [1.807, 2.05) is 0 Å². The zero-order chi connectivity index (χ0) is 14.1. The highest BCUT2D eigenvalue weighted by atomic mass is 32.2. The van der Waals surface area contributed by atoms with Crippen molar-refractivity contribution in [3.05, 3.63) is 17.9 Å². The highest BCUT2D eigenvalue weighted by Crippen LogP contribution is 2.15. The van der Waals surface area contributed by atoms with Crippen LogP contribution in [0.3, 0.4) is 0 Å². The van der Waals surface area contributed by atoms with Crippen LogP contribution in [0.25, 0.3) is 0 Å². The fourth-order valence-corrected chi connectivity index (χ4v) is 1.71. The van der Waals surface area contributed by atoms with Crippen LogP contribution >= 0.6 is 0 Å². The first-order valence-corrected chi connectivity index (χ1v) is 6.83. The maximum atomic E-state index is 11.8. The number of rotatable bonds is 4. The smallest absolute Gasteiger partial charge is 0.326 e. The van der Waals surface area contributed by atoms with Crippen molar-refractivity contribution in [3.63, 3.8) is 0 Å². The van der Waals surface area contributed by atoms with Crippen LogP contribution in [0.4, 0.5) is 0 Å². The van der Waals surface area contributed by atoms with E-state index in [0.29, 0.717) is 0 Å². The molecule has 0 spiro atoms. The van der Waals surface area contributed by atoms with Crippen LogP contribution in [0.5, 0.6) is 0 Å². The Labute approximate surface area is 104 Å². The molecule has 0 radical (unpaired) electrons. The van der Waals surface area contributed by atoms with E-state index in [2.05, 4.69) is 0 Å². The van der Waals surface area contributed by atoms with Gasteiger partial charge in [0.2, 0.25) is 14.9 Å². The number of carboxylic acid groups (broad SMARTS) is 1. The average Bonchev–Trinajstić information content (AvgIpc) is 2.74. The van der Waals surface area contributed by atoms with E-state index in [1.165, 1.54) is 20.0 Å². The molecule has 0 aromatic carbocycles. The molecule has 1 amide bonds. The summed E-state index contributed by atoms with van der Waals surface area (Å²) in [5.41, 5.74) is 0. The van der Waals surface area contributed by atoms with Crippen molar-refractivity contribution in [1.29, 1.82) is 0 Å². The molecular weight excluding hydrogens is 262 g/mol. The topological polar surface area (TPSA) is 105 Å². The molecule has 1 aromatic rings. The van der Waals surface area contributed by atoms with Crippen molar-refractivity contribution in [1.82, 2.24) is 4.90 Å². The van der Waals surface area contributed by atoms with Gasteiger partial charge in [-0.1, -0.05) is 0 Å². The van der Waals surface area contributed by atoms with E-state index in [4.69, 9.17) is 9.52 Å². The van der Waals surface area contributed by atoms with Crippen LogP contribution < -0.4 is 0 Å². The number of furan rings is 1. The number of carboxylic acids is 1. The van der Waals surface area contributed by atoms with Crippen LogP contribution in [0.2, 0.25) is 0 Å². The number of amides is 1. The Morgan fingerprint density at radius 3 is 2.33 bits per heavy atom. The van der Waals surface area contributed by atoms with E-state index in [1.54, 1.807) is 0 Å². The molecule has 0 aliphatic carbocycles. The molecule has 18 heavy (non-hydrogen) atoms. The Morgan fingerprint density at radius 1 is 1.39 bits per heavy atom. The third-order valence-corrected chi connectivity index (χ3v) is 3.37. The van der Waals surface area contributed by atoms with E-state index in [-0.39, 0.29) is 10.9 Å². The van der Waals surface area contributed by atoms with Gasteiger partial charge in [0.25, 0.3) is 5.91 Å². The zero-order valence-electron chi connectivity index (χ0n) is 10.1. The summed E-state index contributed by atoms with van der Waals surface area (Å²) < 4.78 is 27.2. The van der Waals surface area contributed by atoms with Gasteiger partial charge < -0.3 is 14.4 Å². The van der Waals surface area contributed by atoms with Crippen molar-refractivity contribution in [2.45, 2.75) is 18.1 Å². The molecule has 0 saturated carbocycles. The van der Waals surface area contributed by atoms with E-state index >= 15 is 0 Å². The molecule has 1 atom stereocenters. The first kappa shape index (κ1) is 14.2. The highest BCUT2D eigenvalue weighted by molar-refractivity contribution is 7.90. The van der Waals surface area contributed by atoms with Gasteiger partial charge in [0, 0.05) is 13.3 Å². The Bertz CT molecular complexity index is 573. The van der Waals surface area contributed by atoms with Gasteiger partial charge in [-0.2, -0.15) is 0 Å². The summed E-state index contributed by atoms with van der Waals surface area (Å²) in [5.74, 6) is -2.08. The van der Waals surface area contributed by atoms with Gasteiger partial charge in [-0.15, -0.1) is 0 Å². The molecule has 7 nitrogen and oxygen atoms in total. The van der Waals surface area contributed by atoms with E-state index < -0.39 is 27.8 Å². The number of carbonyl (C=O) groups excluding carboxylic acids is 1. The molecule has 0 fully saturated rings. The molecule has 1 unspecified atom stereocenters. The lowest BCUT2D eigenvalue weighted by Gasteiger charge is -2.19. The van der Waals surface area contributed by atoms with Gasteiger partial charge in [-0.3, -0.25) is 4.79 Å². The summed E-state index contributed by atoms with van der Waals surface area (Å²) in [4.78, 5) is 23.5. The molecule has 1 N–H and O–H groups in total. The normalized spacial score (nSPS) is 13.1. The lowest BCUT2D eigenvalue weighted by Crippen LogP contribution is -2.40. The van der Waals surface area contributed by atoms with Gasteiger partial charge in [0.1, 0.15) is 6.04 Å². The number of aliphatic carboxylic acids is 1. The predicted octanol–water partition coefficient (Wildman–Crippen LogP) is 0.228. The van der Waals surface area contributed by atoms with Gasteiger partial charge in [-0.25, -0.2) is 13.2 Å². The van der Waals surface area contributed by atoms with E-state index in [0.717, 1.165) is 17.2 Å². The number of nitrogens with zero attached hydrogens (tertiary/aromatic N) is 1. The number of carbonyl (C=O) groups is 2. The maximum absolute atomic E-state index is 11.8. The molecule has 0 aliphatic rings. The SMILES string of the molecule is CC(C(=O)O)N(C)C(=O)c1ccc(S(C)(=O)=O)o1. The molecule has 8 heteroatoms.